The van der Waals surface area contributed by atoms with Gasteiger partial charge >= 0.3 is 0 Å². The number of aromatic nitrogens is 3. The maximum Gasteiger partial charge on any atom is 0.208 e. The van der Waals surface area contributed by atoms with E-state index in [4.69, 9.17) is 4.42 Å². The van der Waals surface area contributed by atoms with Gasteiger partial charge in [-0.3, -0.25) is 9.89 Å². The van der Waals surface area contributed by atoms with Crippen LogP contribution in [0.5, 0.6) is 0 Å². The van der Waals surface area contributed by atoms with Crippen LogP contribution in [0.4, 0.5) is 0 Å². The number of hydrogen-bond acceptors (Lipinski definition) is 5. The molecule has 0 aliphatic rings. The Hall–Kier alpha value is -1.56. The van der Waals surface area contributed by atoms with E-state index in [2.05, 4.69) is 15.2 Å². The van der Waals surface area contributed by atoms with Gasteiger partial charge in [0.05, 0.1) is 12.0 Å². The van der Waals surface area contributed by atoms with E-state index < -0.39 is 0 Å². The van der Waals surface area contributed by atoms with E-state index in [1.165, 1.54) is 18.0 Å². The predicted molar refractivity (Wildman–Crippen MR) is 54.9 cm³/mol. The van der Waals surface area contributed by atoms with Crippen LogP contribution in [0.25, 0.3) is 0 Å². The average molecular weight is 223 g/mol. The van der Waals surface area contributed by atoms with Crippen molar-refractivity contribution in [2.24, 2.45) is 0 Å². The van der Waals surface area contributed by atoms with Crippen LogP contribution in [-0.2, 0) is 0 Å². The summed E-state index contributed by atoms with van der Waals surface area (Å²) >= 11 is 1.28. The van der Waals surface area contributed by atoms with Crippen molar-refractivity contribution in [3.05, 3.63) is 30.0 Å². The average Bonchev–Trinajstić information content (AvgIpc) is 2.84. The number of nitrogens with one attached hydrogen (secondary N) is 1. The van der Waals surface area contributed by atoms with Gasteiger partial charge in [-0.1, -0.05) is 11.8 Å². The predicted octanol–water partition coefficient (Wildman–Crippen LogP) is 1.68. The minimum Gasteiger partial charge on any atom is -0.461 e. The normalized spacial score (nSPS) is 10.5. The highest BCUT2D eigenvalue weighted by Gasteiger charge is 2.10. The van der Waals surface area contributed by atoms with E-state index in [0.29, 0.717) is 10.9 Å². The zero-order valence-electron chi connectivity index (χ0n) is 8.06. The highest BCUT2D eigenvalue weighted by Crippen LogP contribution is 2.14. The summed E-state index contributed by atoms with van der Waals surface area (Å²) in [5, 5.41) is 7.20. The number of Topliss-reactive ketones (excluding diaryl/α,β-unsaturated/α-hetero) is 1. The molecule has 2 aromatic heterocycles. The Morgan fingerprint density at radius 3 is 3.13 bits per heavy atom. The van der Waals surface area contributed by atoms with Crippen LogP contribution in [-0.4, -0.2) is 26.7 Å². The van der Waals surface area contributed by atoms with Crippen molar-refractivity contribution in [2.45, 2.75) is 12.1 Å². The molecule has 0 aliphatic heterocycles. The van der Waals surface area contributed by atoms with E-state index >= 15 is 0 Å². The number of carbonyl (C=O) groups is 1. The summed E-state index contributed by atoms with van der Waals surface area (Å²) in [6.45, 7) is 1.81. The van der Waals surface area contributed by atoms with Gasteiger partial charge in [-0.15, -0.1) is 5.10 Å². The van der Waals surface area contributed by atoms with Crippen molar-refractivity contribution in [1.82, 2.24) is 15.2 Å². The molecule has 2 heterocycles. The quantitative estimate of drug-likeness (QED) is 0.630. The van der Waals surface area contributed by atoms with Crippen LogP contribution in [0.15, 0.2) is 28.0 Å². The van der Waals surface area contributed by atoms with E-state index in [-0.39, 0.29) is 11.5 Å². The molecule has 0 aliphatic carbocycles. The number of nitrogens with zero attached hydrogens (tertiary/aromatic N) is 2. The van der Waals surface area contributed by atoms with Gasteiger partial charge < -0.3 is 4.42 Å². The zero-order chi connectivity index (χ0) is 10.7. The number of rotatable bonds is 4. The van der Waals surface area contributed by atoms with Crippen LogP contribution in [0.2, 0.25) is 0 Å². The Bertz CT molecular complexity index is 450. The van der Waals surface area contributed by atoms with Crippen molar-refractivity contribution < 1.29 is 9.21 Å². The van der Waals surface area contributed by atoms with Crippen molar-refractivity contribution >= 4 is 17.5 Å². The van der Waals surface area contributed by atoms with Crippen LogP contribution < -0.4 is 0 Å². The number of hydrogen-bond donors (Lipinski definition) is 1. The lowest BCUT2D eigenvalue weighted by atomic mass is 10.3. The van der Waals surface area contributed by atoms with Crippen molar-refractivity contribution in [1.29, 1.82) is 0 Å². The molecule has 0 atom stereocenters. The molecule has 0 fully saturated rings. The zero-order valence-corrected chi connectivity index (χ0v) is 8.87. The SMILES string of the molecule is Cc1nc(SCC(=O)c2ccco2)n[nH]1. The van der Waals surface area contributed by atoms with Gasteiger partial charge in [0.2, 0.25) is 10.9 Å². The molecule has 0 unspecified atom stereocenters. The molecule has 0 aromatic carbocycles. The standard InChI is InChI=1S/C9H9N3O2S/c1-6-10-9(12-11-6)15-5-7(13)8-3-2-4-14-8/h2-4H,5H2,1H3,(H,10,11,12). The molecule has 5 nitrogen and oxygen atoms in total. The minimum atomic E-state index is -0.0625. The molecule has 0 saturated carbocycles. The third-order valence-electron chi connectivity index (χ3n) is 1.71. The first-order valence-electron chi connectivity index (χ1n) is 4.34. The Labute approximate surface area is 90.3 Å². The first-order chi connectivity index (χ1) is 7.25. The summed E-state index contributed by atoms with van der Waals surface area (Å²) in [5.74, 6) is 1.33. The maximum absolute atomic E-state index is 11.5. The number of H-pyrrole nitrogens is 1. The van der Waals surface area contributed by atoms with Crippen molar-refractivity contribution in [2.75, 3.05) is 5.75 Å². The maximum atomic E-state index is 11.5. The van der Waals surface area contributed by atoms with Gasteiger partial charge in [-0.2, -0.15) is 0 Å². The lowest BCUT2D eigenvalue weighted by Gasteiger charge is -1.93. The lowest BCUT2D eigenvalue weighted by Crippen LogP contribution is -2.00. The molecule has 2 aromatic rings. The fourth-order valence-electron chi connectivity index (χ4n) is 1.03. The van der Waals surface area contributed by atoms with Crippen LogP contribution in [0.3, 0.4) is 0 Å². The Kier molecular flexibility index (Phi) is 2.86. The Morgan fingerprint density at radius 2 is 2.53 bits per heavy atom. The number of ketones is 1. The summed E-state index contributed by atoms with van der Waals surface area (Å²) < 4.78 is 4.98. The molecule has 0 amide bonds. The topological polar surface area (TPSA) is 71.8 Å². The second-order valence-electron chi connectivity index (χ2n) is 2.89. The van der Waals surface area contributed by atoms with Crippen molar-refractivity contribution in [3.8, 4) is 0 Å². The van der Waals surface area contributed by atoms with E-state index in [9.17, 15) is 4.79 Å². The molecule has 0 bridgehead atoms. The monoisotopic (exact) mass is 223 g/mol. The first kappa shape index (κ1) is 9.97. The highest BCUT2D eigenvalue weighted by atomic mass is 32.2. The fraction of sp³-hybridized carbons (Fsp3) is 0.222. The van der Waals surface area contributed by atoms with Crippen LogP contribution in [0, 0.1) is 6.92 Å². The van der Waals surface area contributed by atoms with E-state index in [1.807, 2.05) is 6.92 Å². The van der Waals surface area contributed by atoms with Gasteiger partial charge in [0.25, 0.3) is 0 Å². The fourth-order valence-corrected chi connectivity index (χ4v) is 1.74. The molecule has 6 heteroatoms. The Morgan fingerprint density at radius 1 is 1.67 bits per heavy atom. The van der Waals surface area contributed by atoms with Gasteiger partial charge in [0.1, 0.15) is 5.82 Å². The Balaban J connectivity index is 1.91. The highest BCUT2D eigenvalue weighted by molar-refractivity contribution is 7.99. The van der Waals surface area contributed by atoms with Gasteiger partial charge in [0.15, 0.2) is 5.76 Å². The third-order valence-corrected chi connectivity index (χ3v) is 2.55. The van der Waals surface area contributed by atoms with Gasteiger partial charge in [0, 0.05) is 0 Å². The van der Waals surface area contributed by atoms with E-state index in [0.717, 1.165) is 5.82 Å². The molecule has 0 saturated heterocycles. The molecule has 15 heavy (non-hydrogen) atoms. The summed E-state index contributed by atoms with van der Waals surface area (Å²) in [4.78, 5) is 15.6. The van der Waals surface area contributed by atoms with Gasteiger partial charge in [-0.05, 0) is 19.1 Å². The molecular formula is C9H9N3O2S. The first-order valence-corrected chi connectivity index (χ1v) is 5.33. The molecule has 78 valence electrons. The summed E-state index contributed by atoms with van der Waals surface area (Å²) in [7, 11) is 0. The molecular weight excluding hydrogens is 214 g/mol. The van der Waals surface area contributed by atoms with Crippen molar-refractivity contribution in [3.63, 3.8) is 0 Å². The summed E-state index contributed by atoms with van der Waals surface area (Å²) in [6.07, 6.45) is 1.48. The molecule has 2 rings (SSSR count). The number of carbonyl (C=O) groups excluding carboxylic acids is 1. The van der Waals surface area contributed by atoms with Crippen LogP contribution >= 0.6 is 11.8 Å². The molecule has 0 spiro atoms. The number of furan rings is 1. The molecule has 0 radical (unpaired) electrons. The largest absolute Gasteiger partial charge is 0.461 e. The second kappa shape index (κ2) is 4.31. The number of thioether (sulfide) groups is 1. The smallest absolute Gasteiger partial charge is 0.208 e. The second-order valence-corrected chi connectivity index (χ2v) is 3.84. The van der Waals surface area contributed by atoms with E-state index in [1.54, 1.807) is 12.1 Å². The molecule has 1 N–H and O–H groups in total. The minimum absolute atomic E-state index is 0.0625. The lowest BCUT2D eigenvalue weighted by molar-refractivity contribution is 0.0992. The third kappa shape index (κ3) is 2.47. The van der Waals surface area contributed by atoms with Gasteiger partial charge in [-0.25, -0.2) is 4.98 Å². The number of aromatic amines is 1. The number of aryl methyl sites for hydroxylation is 1. The van der Waals surface area contributed by atoms with Crippen LogP contribution in [0.1, 0.15) is 16.4 Å². The summed E-state index contributed by atoms with van der Waals surface area (Å²) in [6, 6.07) is 3.33. The summed E-state index contributed by atoms with van der Waals surface area (Å²) in [5.41, 5.74) is 0.